The lowest BCUT2D eigenvalue weighted by molar-refractivity contribution is 0.0673. The maximum atomic E-state index is 12.4. The second-order valence-corrected chi connectivity index (χ2v) is 7.55. The summed E-state index contributed by atoms with van der Waals surface area (Å²) in [5, 5.41) is 0. The molecule has 0 radical (unpaired) electrons. The number of sulfonamides is 1. The number of aromatic nitrogens is 2. The van der Waals surface area contributed by atoms with Gasteiger partial charge in [0.1, 0.15) is 5.69 Å². The summed E-state index contributed by atoms with van der Waals surface area (Å²) in [6, 6.07) is 0. The van der Waals surface area contributed by atoms with Crippen LogP contribution in [0.15, 0.2) is 18.6 Å². The lowest BCUT2D eigenvalue weighted by Gasteiger charge is -2.19. The molecule has 1 amide bonds. The zero-order chi connectivity index (χ0) is 15.7. The molecule has 0 aliphatic carbocycles. The van der Waals surface area contributed by atoms with Gasteiger partial charge in [0.25, 0.3) is 5.91 Å². The predicted octanol–water partition coefficient (Wildman–Crippen LogP) is -0.887. The van der Waals surface area contributed by atoms with Crippen molar-refractivity contribution >= 4 is 15.9 Å². The summed E-state index contributed by atoms with van der Waals surface area (Å²) in [4.78, 5) is 22.0. The molecule has 3 atom stereocenters. The third-order valence-electron chi connectivity index (χ3n) is 4.12. The fourth-order valence-electron chi connectivity index (χ4n) is 3.00. The van der Waals surface area contributed by atoms with Crippen molar-refractivity contribution in [2.45, 2.75) is 6.10 Å². The minimum atomic E-state index is -3.22. The molecule has 1 aromatic heterocycles. The Morgan fingerprint density at radius 1 is 1.45 bits per heavy atom. The van der Waals surface area contributed by atoms with Gasteiger partial charge in [-0.25, -0.2) is 18.1 Å². The molecule has 3 heterocycles. The second-order valence-electron chi connectivity index (χ2n) is 5.72. The fourth-order valence-corrected chi connectivity index (χ4v) is 3.52. The third kappa shape index (κ3) is 3.26. The van der Waals surface area contributed by atoms with Crippen molar-refractivity contribution in [2.24, 2.45) is 11.8 Å². The van der Waals surface area contributed by atoms with Crippen LogP contribution in [0, 0.1) is 11.8 Å². The van der Waals surface area contributed by atoms with E-state index < -0.39 is 10.0 Å². The topological polar surface area (TPSA) is 101 Å². The molecule has 0 spiro atoms. The first-order chi connectivity index (χ1) is 10.4. The van der Waals surface area contributed by atoms with E-state index in [0.717, 1.165) is 6.26 Å². The van der Waals surface area contributed by atoms with Gasteiger partial charge in [-0.1, -0.05) is 0 Å². The quantitative estimate of drug-likeness (QED) is 0.770. The highest BCUT2D eigenvalue weighted by molar-refractivity contribution is 7.88. The molecule has 1 N–H and O–H groups in total. The van der Waals surface area contributed by atoms with Gasteiger partial charge in [-0.05, 0) is 0 Å². The highest BCUT2D eigenvalue weighted by Crippen LogP contribution is 2.33. The molecule has 3 rings (SSSR count). The molecule has 120 valence electrons. The highest BCUT2D eigenvalue weighted by Gasteiger charge is 2.45. The molecule has 0 aromatic carbocycles. The van der Waals surface area contributed by atoms with Crippen LogP contribution >= 0.6 is 0 Å². The minimum Gasteiger partial charge on any atom is -0.376 e. The first-order valence-electron chi connectivity index (χ1n) is 7.05. The molecule has 2 saturated heterocycles. The molecular weight excluding hydrogens is 308 g/mol. The first kappa shape index (κ1) is 15.3. The number of amides is 1. The summed E-state index contributed by atoms with van der Waals surface area (Å²) in [7, 11) is -3.22. The van der Waals surface area contributed by atoms with Crippen molar-refractivity contribution in [3.8, 4) is 0 Å². The Balaban J connectivity index is 1.63. The summed E-state index contributed by atoms with van der Waals surface area (Å²) in [5.41, 5.74) is 0.313. The number of carbonyl (C=O) groups excluding carboxylic acids is 1. The van der Waals surface area contributed by atoms with Gasteiger partial charge in [-0.2, -0.15) is 0 Å². The Morgan fingerprint density at radius 3 is 2.95 bits per heavy atom. The molecule has 8 nitrogen and oxygen atoms in total. The maximum Gasteiger partial charge on any atom is 0.274 e. The van der Waals surface area contributed by atoms with E-state index >= 15 is 0 Å². The van der Waals surface area contributed by atoms with Crippen LogP contribution in [0.1, 0.15) is 10.5 Å². The smallest absolute Gasteiger partial charge is 0.274 e. The van der Waals surface area contributed by atoms with Crippen LogP contribution < -0.4 is 4.72 Å². The van der Waals surface area contributed by atoms with Gasteiger partial charge in [-0.15, -0.1) is 0 Å². The van der Waals surface area contributed by atoms with Crippen LogP contribution in [0.5, 0.6) is 0 Å². The van der Waals surface area contributed by atoms with E-state index in [0.29, 0.717) is 31.9 Å². The average molecular weight is 326 g/mol. The molecule has 0 saturated carbocycles. The zero-order valence-electron chi connectivity index (χ0n) is 12.2. The van der Waals surface area contributed by atoms with Crippen molar-refractivity contribution < 1.29 is 17.9 Å². The van der Waals surface area contributed by atoms with Crippen molar-refractivity contribution in [3.05, 3.63) is 24.3 Å². The third-order valence-corrected chi connectivity index (χ3v) is 4.81. The van der Waals surface area contributed by atoms with E-state index in [1.165, 1.54) is 18.6 Å². The van der Waals surface area contributed by atoms with Crippen LogP contribution in [0.2, 0.25) is 0 Å². The number of nitrogens with one attached hydrogen (secondary N) is 1. The number of nitrogens with zero attached hydrogens (tertiary/aromatic N) is 3. The largest absolute Gasteiger partial charge is 0.376 e. The van der Waals surface area contributed by atoms with Crippen LogP contribution in [0.25, 0.3) is 0 Å². The molecular formula is C13H18N4O4S. The standard InChI is InChI=1S/C13H18N4O4S/c1-22(19,20)16-4-9-8-21-12-7-17(6-10(9)12)13(18)11-5-14-2-3-15-11/h2-3,5,9-10,12,16H,4,6-8H2,1H3/t9-,10-,12-/m1/s1. The number of ether oxygens (including phenoxy) is 1. The number of rotatable bonds is 4. The monoisotopic (exact) mass is 326 g/mol. The van der Waals surface area contributed by atoms with Gasteiger partial charge in [0.15, 0.2) is 0 Å². The summed E-state index contributed by atoms with van der Waals surface area (Å²) < 4.78 is 30.6. The first-order valence-corrected chi connectivity index (χ1v) is 8.95. The van der Waals surface area contributed by atoms with Crippen molar-refractivity contribution in [2.75, 3.05) is 32.5 Å². The van der Waals surface area contributed by atoms with E-state index in [-0.39, 0.29) is 23.8 Å². The summed E-state index contributed by atoms with van der Waals surface area (Å²) in [5.74, 6) is 0.0650. The van der Waals surface area contributed by atoms with Gasteiger partial charge < -0.3 is 9.64 Å². The summed E-state index contributed by atoms with van der Waals surface area (Å²) in [6.07, 6.45) is 5.55. The van der Waals surface area contributed by atoms with Crippen molar-refractivity contribution in [3.63, 3.8) is 0 Å². The number of fused-ring (bicyclic) bond motifs is 1. The van der Waals surface area contributed by atoms with Crippen molar-refractivity contribution in [1.29, 1.82) is 0 Å². The normalized spacial score (nSPS) is 27.9. The van der Waals surface area contributed by atoms with Gasteiger partial charge in [0.05, 0.1) is 25.2 Å². The number of hydrogen-bond donors (Lipinski definition) is 1. The Labute approximate surface area is 128 Å². The molecule has 2 fully saturated rings. The second kappa shape index (κ2) is 5.90. The van der Waals surface area contributed by atoms with Gasteiger partial charge >= 0.3 is 0 Å². The van der Waals surface area contributed by atoms with Crippen LogP contribution in [0.3, 0.4) is 0 Å². The lowest BCUT2D eigenvalue weighted by Crippen LogP contribution is -2.35. The van der Waals surface area contributed by atoms with E-state index in [1.807, 2.05) is 0 Å². The number of hydrogen-bond acceptors (Lipinski definition) is 6. The average Bonchev–Trinajstić information content (AvgIpc) is 3.05. The predicted molar refractivity (Wildman–Crippen MR) is 77.5 cm³/mol. The number of carbonyl (C=O) groups is 1. The molecule has 22 heavy (non-hydrogen) atoms. The summed E-state index contributed by atoms with van der Waals surface area (Å²) >= 11 is 0. The summed E-state index contributed by atoms with van der Waals surface area (Å²) in [6.45, 7) is 1.92. The molecule has 9 heteroatoms. The SMILES string of the molecule is CS(=O)(=O)NC[C@@H]1CO[C@@H]2CN(C(=O)c3cnccn3)C[C@H]12. The maximum absolute atomic E-state index is 12.4. The van der Waals surface area contributed by atoms with E-state index in [1.54, 1.807) is 4.90 Å². The Kier molecular flexibility index (Phi) is 4.11. The minimum absolute atomic E-state index is 0.0352. The van der Waals surface area contributed by atoms with Crippen LogP contribution in [-0.4, -0.2) is 67.8 Å². The molecule has 0 bridgehead atoms. The number of likely N-dealkylation sites (tertiary alicyclic amines) is 1. The Bertz CT molecular complexity index is 651. The molecule has 2 aliphatic heterocycles. The van der Waals surface area contributed by atoms with Crippen LogP contribution in [0.4, 0.5) is 0 Å². The zero-order valence-corrected chi connectivity index (χ0v) is 13.0. The van der Waals surface area contributed by atoms with E-state index in [9.17, 15) is 13.2 Å². The molecule has 1 aromatic rings. The Morgan fingerprint density at radius 2 is 2.27 bits per heavy atom. The van der Waals surface area contributed by atoms with E-state index in [4.69, 9.17) is 4.74 Å². The van der Waals surface area contributed by atoms with E-state index in [2.05, 4.69) is 14.7 Å². The van der Waals surface area contributed by atoms with Crippen LogP contribution in [-0.2, 0) is 14.8 Å². The van der Waals surface area contributed by atoms with Gasteiger partial charge in [0.2, 0.25) is 10.0 Å². The van der Waals surface area contributed by atoms with Crippen molar-refractivity contribution in [1.82, 2.24) is 19.6 Å². The fraction of sp³-hybridized carbons (Fsp3) is 0.615. The van der Waals surface area contributed by atoms with Gasteiger partial charge in [-0.3, -0.25) is 9.78 Å². The molecule has 2 aliphatic rings. The van der Waals surface area contributed by atoms with Gasteiger partial charge in [0, 0.05) is 43.9 Å². The lowest BCUT2D eigenvalue weighted by atomic mass is 9.93. The highest BCUT2D eigenvalue weighted by atomic mass is 32.2. The molecule has 0 unspecified atom stereocenters. The Hall–Kier alpha value is -1.58.